The molecule has 0 saturated heterocycles. The van der Waals surface area contributed by atoms with E-state index in [9.17, 15) is 4.79 Å². The number of carbonyl (C=O) groups excluding carboxylic acids is 1. The van der Waals surface area contributed by atoms with Gasteiger partial charge in [-0.3, -0.25) is 4.79 Å². The first-order valence-electron chi connectivity index (χ1n) is 10.1. The van der Waals surface area contributed by atoms with Gasteiger partial charge in [-0.15, -0.1) is 0 Å². The molecule has 1 aliphatic heterocycles. The number of nitrogens with zero attached hydrogens (tertiary/aromatic N) is 4. The molecule has 1 amide bonds. The third-order valence-electron chi connectivity index (χ3n) is 5.45. The molecule has 0 saturated carbocycles. The SMILES string of the molecule is Cc1ccccc1-n1nc2c(c1-n1cccc1)CN(C(=O)COc1ccc(Cl)cc1)C2. The van der Waals surface area contributed by atoms with Crippen LogP contribution in [0, 0.1) is 6.92 Å². The second kappa shape index (κ2) is 7.96. The van der Waals surface area contributed by atoms with Gasteiger partial charge in [0.05, 0.1) is 24.5 Å². The van der Waals surface area contributed by atoms with Gasteiger partial charge < -0.3 is 14.2 Å². The Morgan fingerprint density at radius 1 is 1.03 bits per heavy atom. The van der Waals surface area contributed by atoms with Crippen LogP contribution < -0.4 is 4.74 Å². The summed E-state index contributed by atoms with van der Waals surface area (Å²) >= 11 is 5.90. The highest BCUT2D eigenvalue weighted by Crippen LogP contribution is 2.31. The molecule has 4 aromatic rings. The number of fused-ring (bicyclic) bond motifs is 1. The molecule has 5 rings (SSSR count). The number of carbonyl (C=O) groups is 1. The summed E-state index contributed by atoms with van der Waals surface area (Å²) in [7, 11) is 0. The number of ether oxygens (including phenoxy) is 1. The first kappa shape index (κ1) is 19.5. The molecule has 0 spiro atoms. The lowest BCUT2D eigenvalue weighted by Gasteiger charge is -2.18. The van der Waals surface area contributed by atoms with Crippen LogP contribution in [0.4, 0.5) is 0 Å². The first-order chi connectivity index (χ1) is 15.1. The van der Waals surface area contributed by atoms with Gasteiger partial charge in [-0.1, -0.05) is 29.8 Å². The Balaban J connectivity index is 1.40. The lowest BCUT2D eigenvalue weighted by Crippen LogP contribution is -2.31. The molecule has 156 valence electrons. The minimum absolute atomic E-state index is 0.0252. The van der Waals surface area contributed by atoms with Crippen molar-refractivity contribution in [3.05, 3.63) is 94.9 Å². The Hall–Kier alpha value is -3.51. The van der Waals surface area contributed by atoms with Crippen LogP contribution in [0.5, 0.6) is 5.75 Å². The molecule has 0 aliphatic carbocycles. The summed E-state index contributed by atoms with van der Waals surface area (Å²) in [4.78, 5) is 14.6. The van der Waals surface area contributed by atoms with E-state index in [1.54, 1.807) is 29.2 Å². The average Bonchev–Trinajstić information content (AvgIpc) is 3.49. The molecule has 0 fully saturated rings. The number of aryl methyl sites for hydroxylation is 1. The molecular formula is C24H21ClN4O2. The fraction of sp³-hybridized carbons (Fsp3) is 0.167. The van der Waals surface area contributed by atoms with E-state index in [0.717, 1.165) is 28.3 Å². The molecule has 2 aromatic heterocycles. The number of rotatable bonds is 5. The van der Waals surface area contributed by atoms with Crippen LogP contribution in [-0.4, -0.2) is 31.8 Å². The number of halogens is 1. The number of aromatic nitrogens is 3. The zero-order chi connectivity index (χ0) is 21.4. The summed E-state index contributed by atoms with van der Waals surface area (Å²) in [5.41, 5.74) is 4.14. The van der Waals surface area contributed by atoms with Crippen LogP contribution in [0.3, 0.4) is 0 Å². The van der Waals surface area contributed by atoms with Crippen molar-refractivity contribution in [2.24, 2.45) is 0 Å². The minimum Gasteiger partial charge on any atom is -0.484 e. The zero-order valence-corrected chi connectivity index (χ0v) is 17.8. The lowest BCUT2D eigenvalue weighted by molar-refractivity contribution is -0.134. The van der Waals surface area contributed by atoms with Gasteiger partial charge in [-0.05, 0) is 55.0 Å². The van der Waals surface area contributed by atoms with Crippen molar-refractivity contribution in [1.82, 2.24) is 19.2 Å². The van der Waals surface area contributed by atoms with Gasteiger partial charge in [-0.25, -0.2) is 4.68 Å². The topological polar surface area (TPSA) is 52.3 Å². The summed E-state index contributed by atoms with van der Waals surface area (Å²) in [6.07, 6.45) is 4.00. The van der Waals surface area contributed by atoms with Gasteiger partial charge in [-0.2, -0.15) is 5.10 Å². The standard InChI is InChI=1S/C24H21ClN4O2/c1-17-6-2-3-7-22(17)29-24(27-12-4-5-13-27)20-14-28(15-21(20)26-29)23(30)16-31-19-10-8-18(25)9-11-19/h2-13H,14-16H2,1H3. The van der Waals surface area contributed by atoms with Crippen molar-refractivity contribution in [1.29, 1.82) is 0 Å². The summed E-state index contributed by atoms with van der Waals surface area (Å²) in [5.74, 6) is 1.50. The van der Waals surface area contributed by atoms with E-state index < -0.39 is 0 Å². The molecule has 1 aliphatic rings. The van der Waals surface area contributed by atoms with E-state index in [4.69, 9.17) is 21.4 Å². The maximum atomic E-state index is 12.8. The van der Waals surface area contributed by atoms with Crippen molar-refractivity contribution >= 4 is 17.5 Å². The molecule has 2 aromatic carbocycles. The summed E-state index contributed by atoms with van der Waals surface area (Å²) in [6, 6.07) is 19.1. The fourth-order valence-electron chi connectivity index (χ4n) is 3.86. The molecule has 6 nitrogen and oxygen atoms in total. The van der Waals surface area contributed by atoms with Crippen LogP contribution in [0.25, 0.3) is 11.5 Å². The number of para-hydroxylation sites is 1. The maximum Gasteiger partial charge on any atom is 0.261 e. The van der Waals surface area contributed by atoms with E-state index in [0.29, 0.717) is 23.9 Å². The van der Waals surface area contributed by atoms with Crippen LogP contribution in [0.2, 0.25) is 5.02 Å². The largest absolute Gasteiger partial charge is 0.484 e. The first-order valence-corrected chi connectivity index (χ1v) is 10.4. The van der Waals surface area contributed by atoms with E-state index in [-0.39, 0.29) is 12.5 Å². The highest BCUT2D eigenvalue weighted by molar-refractivity contribution is 6.30. The predicted octanol–water partition coefficient (Wildman–Crippen LogP) is 4.55. The minimum atomic E-state index is -0.0751. The van der Waals surface area contributed by atoms with Crippen molar-refractivity contribution in [2.45, 2.75) is 20.0 Å². The zero-order valence-electron chi connectivity index (χ0n) is 17.0. The van der Waals surface area contributed by atoms with Crippen molar-refractivity contribution in [3.8, 4) is 17.3 Å². The summed E-state index contributed by atoms with van der Waals surface area (Å²) in [5, 5.41) is 5.52. The molecule has 3 heterocycles. The predicted molar refractivity (Wildman–Crippen MR) is 119 cm³/mol. The monoisotopic (exact) mass is 432 g/mol. The second-order valence-corrected chi connectivity index (χ2v) is 7.97. The molecular weight excluding hydrogens is 412 g/mol. The number of hydrogen-bond donors (Lipinski definition) is 0. The van der Waals surface area contributed by atoms with Crippen molar-refractivity contribution < 1.29 is 9.53 Å². The van der Waals surface area contributed by atoms with Gasteiger partial charge in [0.2, 0.25) is 0 Å². The van der Waals surface area contributed by atoms with Gasteiger partial charge in [0, 0.05) is 23.0 Å². The highest BCUT2D eigenvalue weighted by atomic mass is 35.5. The van der Waals surface area contributed by atoms with E-state index in [1.807, 2.05) is 41.3 Å². The number of benzene rings is 2. The lowest BCUT2D eigenvalue weighted by atomic mass is 10.2. The Bertz CT molecular complexity index is 1230. The van der Waals surface area contributed by atoms with Crippen LogP contribution in [0.1, 0.15) is 16.8 Å². The Kier molecular flexibility index (Phi) is 5.00. The van der Waals surface area contributed by atoms with Gasteiger partial charge in [0.15, 0.2) is 6.61 Å². The summed E-state index contributed by atoms with van der Waals surface area (Å²) < 4.78 is 9.67. The molecule has 7 heteroatoms. The molecule has 31 heavy (non-hydrogen) atoms. The molecule has 0 atom stereocenters. The van der Waals surface area contributed by atoms with Crippen molar-refractivity contribution in [3.63, 3.8) is 0 Å². The van der Waals surface area contributed by atoms with Crippen LogP contribution >= 0.6 is 11.6 Å². The van der Waals surface area contributed by atoms with Gasteiger partial charge in [0.1, 0.15) is 11.6 Å². The molecule has 0 radical (unpaired) electrons. The fourth-order valence-corrected chi connectivity index (χ4v) is 3.98. The van der Waals surface area contributed by atoms with Crippen molar-refractivity contribution in [2.75, 3.05) is 6.61 Å². The summed E-state index contributed by atoms with van der Waals surface area (Å²) in [6.45, 7) is 3.01. The highest BCUT2D eigenvalue weighted by Gasteiger charge is 2.31. The number of hydrogen-bond acceptors (Lipinski definition) is 3. The molecule has 0 N–H and O–H groups in total. The third kappa shape index (κ3) is 3.70. The van der Waals surface area contributed by atoms with Gasteiger partial charge >= 0.3 is 0 Å². The Labute approximate surface area is 185 Å². The molecule has 0 bridgehead atoms. The van der Waals surface area contributed by atoms with E-state index in [2.05, 4.69) is 23.6 Å². The Morgan fingerprint density at radius 2 is 1.77 bits per heavy atom. The number of amides is 1. The van der Waals surface area contributed by atoms with E-state index in [1.165, 1.54) is 0 Å². The van der Waals surface area contributed by atoms with Crippen LogP contribution in [0.15, 0.2) is 73.1 Å². The average molecular weight is 433 g/mol. The normalized spacial score (nSPS) is 12.8. The smallest absolute Gasteiger partial charge is 0.261 e. The Morgan fingerprint density at radius 3 is 2.52 bits per heavy atom. The van der Waals surface area contributed by atoms with Crippen LogP contribution in [-0.2, 0) is 17.9 Å². The van der Waals surface area contributed by atoms with E-state index >= 15 is 0 Å². The van der Waals surface area contributed by atoms with Gasteiger partial charge in [0.25, 0.3) is 5.91 Å². The molecule has 0 unspecified atom stereocenters. The quantitative estimate of drug-likeness (QED) is 0.465. The maximum absolute atomic E-state index is 12.8. The second-order valence-electron chi connectivity index (χ2n) is 7.53. The third-order valence-corrected chi connectivity index (χ3v) is 5.70.